The second-order valence-electron chi connectivity index (χ2n) is 46.1. The summed E-state index contributed by atoms with van der Waals surface area (Å²) in [5, 5.41) is 20.9. The van der Waals surface area contributed by atoms with Crippen molar-refractivity contribution in [1.82, 2.24) is 59.0 Å². The second kappa shape index (κ2) is 47.1. The molecule has 3 N–H and O–H groups in total. The number of ether oxygens (including phenoxy) is 15. The molecule has 14 aliphatic rings. The van der Waals surface area contributed by atoms with Crippen molar-refractivity contribution >= 4 is 120 Å². The van der Waals surface area contributed by atoms with E-state index in [0.717, 1.165) is 183 Å². The Balaban J connectivity index is 0.000000127. The highest BCUT2D eigenvalue weighted by Gasteiger charge is 2.57. The Morgan fingerprint density at radius 3 is 1.35 bits per heavy atom. The normalized spacial score (nSPS) is 29.0. The van der Waals surface area contributed by atoms with Crippen molar-refractivity contribution in [1.29, 1.82) is 0 Å². The number of aryl methyl sites for hydroxylation is 3. The lowest BCUT2D eigenvalue weighted by Crippen LogP contribution is -2.47. The van der Waals surface area contributed by atoms with Crippen molar-refractivity contribution in [3.8, 4) is 18.0 Å². The molecular weight excluding hydrogens is 2080 g/mol. The molecule has 33 nitrogen and oxygen atoms in total. The third-order valence-corrected chi connectivity index (χ3v) is 43.4. The number of aliphatic hydroxyl groups excluding tert-OH is 2. The molecule has 0 radical (unpaired) electrons. The number of rotatable bonds is 28. The van der Waals surface area contributed by atoms with Gasteiger partial charge in [0, 0.05) is 84.3 Å². The molecule has 0 saturated carbocycles. The Labute approximate surface area is 904 Å². The number of aliphatic hydroxyl groups is 2. The Hall–Kier alpha value is -6.94. The number of aromatic nitrogens is 12. The first-order valence-corrected chi connectivity index (χ1v) is 62.0. The summed E-state index contributed by atoms with van der Waals surface area (Å²) in [7, 11) is -4.28. The topological polar surface area (TPSA) is 357 Å². The van der Waals surface area contributed by atoms with Gasteiger partial charge in [0.05, 0.1) is 121 Å². The molecule has 7 unspecified atom stereocenters. The largest absolute Gasteiger partial charge is 0.486 e. The van der Waals surface area contributed by atoms with Crippen molar-refractivity contribution in [2.45, 2.75) is 368 Å². The van der Waals surface area contributed by atoms with Crippen LogP contribution in [0.3, 0.4) is 0 Å². The minimum atomic E-state index is -2.01. The number of imidazole rings is 3. The van der Waals surface area contributed by atoms with E-state index in [1.54, 1.807) is 6.08 Å². The molecule has 11 saturated heterocycles. The molecule has 23 rings (SSSR count). The SMILES string of the molecule is CC(C)(C)[Si](C)(C)O[C@@H]1CO[C@H]2[C@@H]1OC[C@H]2Oc1nc2cc(Cl)c(CC3CCc4cc(/C=C/COC5CCCCO5)cnc43)nc2n1C1CCCCO1.CC(C)(C)[Si](C)(C)O[C@@H]1CO[C@H]2[C@@H]1OC[C@H]2Oc1nc2cc(Cl)c(CC3CCc4cc(Br)cnc43)nc2n1C1CCCCO1.CC1(C)OB(/C=C/COC2CCCCO2)OC1(C)C.OC/C=C/c1cnc2c(c1)CCC2Cc1nc2nc(O[C@@H]3CO[C@H]4[C@@H]3OC[C@H]4O)[nH]c2cc1Cl. The van der Waals surface area contributed by atoms with Crippen molar-refractivity contribution in [3.05, 3.63) is 161 Å². The van der Waals surface area contributed by atoms with Gasteiger partial charge in [-0.1, -0.05) is 113 Å². The maximum atomic E-state index is 9.91. The molecule has 20 heterocycles. The fraction of sp³-hybridized carbons (Fsp3) is 0.645. The van der Waals surface area contributed by atoms with Crippen LogP contribution in [0.25, 0.3) is 45.6 Å². The first kappa shape index (κ1) is 110. The number of pyridine rings is 6. The molecule has 812 valence electrons. The maximum absolute atomic E-state index is 9.91. The smallest absolute Gasteiger partial charge is 0.456 e. The summed E-state index contributed by atoms with van der Waals surface area (Å²) in [6, 6.07) is 13.5. The highest BCUT2D eigenvalue weighted by molar-refractivity contribution is 9.10. The maximum Gasteiger partial charge on any atom is 0.486 e. The molecule has 9 aromatic rings. The van der Waals surface area contributed by atoms with Gasteiger partial charge >= 0.3 is 19.1 Å². The average molecular weight is 2230 g/mol. The van der Waals surface area contributed by atoms with Crippen LogP contribution in [0, 0.1) is 0 Å². The number of hydrogen-bond acceptors (Lipinski definition) is 30. The minimum absolute atomic E-state index is 0.0126. The first-order chi connectivity index (χ1) is 72.0. The molecule has 0 bridgehead atoms. The van der Waals surface area contributed by atoms with Crippen LogP contribution in [0.5, 0.6) is 18.0 Å². The fourth-order valence-corrected chi connectivity index (χ4v) is 25.7. The molecule has 9 aromatic heterocycles. The highest BCUT2D eigenvalue weighted by atomic mass is 79.9. The summed E-state index contributed by atoms with van der Waals surface area (Å²) in [4.78, 5) is 46.9. The van der Waals surface area contributed by atoms with Crippen LogP contribution in [-0.2, 0) is 114 Å². The number of halogens is 4. The van der Waals surface area contributed by atoms with Gasteiger partial charge in [0.2, 0.25) is 0 Å². The van der Waals surface area contributed by atoms with Gasteiger partial charge < -0.3 is 104 Å². The Bertz CT molecular complexity index is 6270. The Kier molecular flexibility index (Phi) is 34.5. The van der Waals surface area contributed by atoms with Crippen molar-refractivity contribution < 1.29 is 99.4 Å². The summed E-state index contributed by atoms with van der Waals surface area (Å²) in [5.41, 5.74) is 15.2. The molecule has 0 amide bonds. The summed E-state index contributed by atoms with van der Waals surface area (Å²) >= 11 is 24.0. The van der Waals surface area contributed by atoms with Crippen molar-refractivity contribution in [2.24, 2.45) is 0 Å². The number of hydrogen-bond donors (Lipinski definition) is 3. The number of nitrogens with zero attached hydrogens (tertiary/aromatic N) is 11. The van der Waals surface area contributed by atoms with Crippen molar-refractivity contribution in [3.63, 3.8) is 0 Å². The second-order valence-corrected chi connectivity index (χ2v) is 57.8. The van der Waals surface area contributed by atoms with Gasteiger partial charge in [-0.05, 0) is 279 Å². The van der Waals surface area contributed by atoms with Gasteiger partial charge in [0.15, 0.2) is 64.5 Å². The number of H-pyrrole nitrogens is 1. The van der Waals surface area contributed by atoms with E-state index in [-0.39, 0.29) is 152 Å². The zero-order valence-corrected chi connectivity index (χ0v) is 94.7. The Morgan fingerprint density at radius 2 is 0.880 bits per heavy atom. The molecule has 3 aliphatic carbocycles. The zero-order valence-electron chi connectivity index (χ0n) is 88.8. The van der Waals surface area contributed by atoms with Gasteiger partial charge in [-0.25, -0.2) is 15.0 Å². The molecule has 40 heteroatoms. The van der Waals surface area contributed by atoms with E-state index in [9.17, 15) is 5.11 Å². The highest BCUT2D eigenvalue weighted by Crippen LogP contribution is 2.49. The number of fused-ring (bicyclic) bond motifs is 9. The van der Waals surface area contributed by atoms with Gasteiger partial charge in [-0.3, -0.25) is 24.1 Å². The van der Waals surface area contributed by atoms with Crippen LogP contribution < -0.4 is 14.2 Å². The summed E-state index contributed by atoms with van der Waals surface area (Å²) in [6.07, 6.45) is 31.9. The average Bonchev–Trinajstić information content (AvgIpc) is 1.60. The Morgan fingerprint density at radius 1 is 0.467 bits per heavy atom. The van der Waals surface area contributed by atoms with Crippen LogP contribution >= 0.6 is 50.7 Å². The predicted octanol–water partition coefficient (Wildman–Crippen LogP) is 20.0. The lowest BCUT2D eigenvalue weighted by molar-refractivity contribution is -0.155. The van der Waals surface area contributed by atoms with E-state index in [0.29, 0.717) is 134 Å². The quantitative estimate of drug-likeness (QED) is 0.0383. The van der Waals surface area contributed by atoms with Crippen LogP contribution in [0.4, 0.5) is 0 Å². The van der Waals surface area contributed by atoms with Crippen LogP contribution in [0.1, 0.15) is 258 Å². The van der Waals surface area contributed by atoms with E-state index in [2.05, 4.69) is 123 Å². The van der Waals surface area contributed by atoms with Crippen molar-refractivity contribution in [2.75, 3.05) is 85.9 Å². The van der Waals surface area contributed by atoms with Gasteiger partial charge in [0.25, 0.3) is 6.01 Å². The van der Waals surface area contributed by atoms with Gasteiger partial charge in [-0.15, -0.1) is 0 Å². The lowest BCUT2D eigenvalue weighted by atomic mass is 9.90. The molecule has 0 spiro atoms. The number of nitrogens with one attached hydrogen (secondary N) is 1. The first-order valence-electron chi connectivity index (χ1n) is 54.2. The van der Waals surface area contributed by atoms with Crippen LogP contribution in [-0.4, -0.2) is 276 Å². The van der Waals surface area contributed by atoms with Gasteiger partial charge in [-0.2, -0.15) is 15.0 Å². The van der Waals surface area contributed by atoms with E-state index in [1.165, 1.54) is 23.1 Å². The lowest BCUT2D eigenvalue weighted by Gasteiger charge is -2.39. The standard InChI is InChI=1S/C40H55ClN4O7Si.C32H42BrClN4O5Si.C24H25ClN4O5.C14H25BO4/c1-40(2,3)53(4,5)52-32-24-50-36-31(23-49-37(32)36)51-39-44-30-21-28(41)29(43-38(30)45(39)33-12-6-8-16-46-33)20-27-15-14-26-19-25(22-42-35(26)27)11-10-18-48-34-13-7-9-17-47-34;1-32(2,3)44(4,5)43-25-17-41-28-24(16-40-29(25)28)42-31-37-23-14-21(34)22(36-30(23)38(31)26-8-6-7-11-39-26)13-19-10-9-18-12-20(33)15-35-27(18)19;25-15-8-17-23(29-24(28-17)34-19-11-33-21-18(31)10-32-22(19)21)27-16(15)7-14-4-3-13-6-12(2-1-5-30)9-26-20(13)14;1-13(2)14(3,4)19-15(18-13)9-7-11-17-12-8-5-6-10-16-12/h10-11,19,21-22,27,31-34,36-37H,6-9,12-18,20,23-24H2,1-5H3;12,14-15,19,24-26,28-29H,6-11,13,16-17H2,1-5H3;1-2,6,8-9,14,18-19,21-22,30-31H,3-5,7,10-11H2,(H,27,28,29);7,9,12H,5-6,8,10-11H2,1-4H3/b11-10+;;2-1+;9-7+/t27?,31-,32-,33?,34?,36-,37-;19?,24-,25-,26?,28-,29-;14?,18-,19-,21-,22-;/m111./s1. The summed E-state index contributed by atoms with van der Waals surface area (Å²) < 4.78 is 121. The third kappa shape index (κ3) is 24.8. The van der Waals surface area contributed by atoms with E-state index in [4.69, 9.17) is 164 Å². The monoisotopic (exact) mass is 2220 g/mol. The number of aromatic amines is 1. The predicted molar refractivity (Wildman–Crippen MR) is 578 cm³/mol. The van der Waals surface area contributed by atoms with E-state index >= 15 is 0 Å². The summed E-state index contributed by atoms with van der Waals surface area (Å²) in [6.45, 7) is 37.2. The summed E-state index contributed by atoms with van der Waals surface area (Å²) in [5.74, 6) is 2.65. The minimum Gasteiger partial charge on any atom is -0.456 e. The molecule has 11 aliphatic heterocycles. The van der Waals surface area contributed by atoms with Crippen LogP contribution in [0.15, 0.2) is 83.7 Å². The van der Waals surface area contributed by atoms with E-state index < -0.39 is 22.7 Å². The van der Waals surface area contributed by atoms with Crippen LogP contribution in [0.2, 0.25) is 51.3 Å². The zero-order chi connectivity index (χ0) is 105. The third-order valence-electron chi connectivity index (χ3n) is 33.0. The molecular formula is C110H147BBrCl3N12O21Si2. The molecule has 150 heavy (non-hydrogen) atoms. The van der Waals surface area contributed by atoms with E-state index in [1.807, 2.05) is 97.8 Å². The molecule has 19 atom stereocenters. The molecule has 0 aromatic carbocycles. The molecule has 11 fully saturated rings. The fourth-order valence-electron chi connectivity index (χ4n) is 22.0. The van der Waals surface area contributed by atoms with Gasteiger partial charge in [0.1, 0.15) is 66.2 Å².